The molecule has 1 aliphatic heterocycles. The van der Waals surface area contributed by atoms with Crippen LogP contribution in [0.5, 0.6) is 0 Å². The van der Waals surface area contributed by atoms with Crippen LogP contribution in [0, 0.1) is 0 Å². The summed E-state index contributed by atoms with van der Waals surface area (Å²) < 4.78 is 38.1. The number of nitrogens with zero attached hydrogens (tertiary/aromatic N) is 1. The number of anilines is 1. The number of carbonyl (C=O) groups is 2. The number of alkyl halides is 3. The van der Waals surface area contributed by atoms with E-state index in [4.69, 9.17) is 5.73 Å². The molecule has 1 aromatic carbocycles. The lowest BCUT2D eigenvalue weighted by atomic mass is 9.87. The number of carbonyl (C=O) groups excluding carboxylic acids is 2. The largest absolute Gasteiger partial charge is 0.416 e. The highest BCUT2D eigenvalue weighted by molar-refractivity contribution is 5.93. The van der Waals surface area contributed by atoms with Gasteiger partial charge in [0, 0.05) is 5.69 Å². The maximum Gasteiger partial charge on any atom is 0.416 e. The van der Waals surface area contributed by atoms with Crippen molar-refractivity contribution >= 4 is 17.5 Å². The number of benzene rings is 1. The Morgan fingerprint density at radius 3 is 2.67 bits per heavy atom. The van der Waals surface area contributed by atoms with Crippen molar-refractivity contribution in [3.63, 3.8) is 0 Å². The van der Waals surface area contributed by atoms with Gasteiger partial charge in [-0.15, -0.1) is 0 Å². The molecule has 1 unspecified atom stereocenters. The van der Waals surface area contributed by atoms with Gasteiger partial charge in [-0.05, 0) is 50.9 Å². The van der Waals surface area contributed by atoms with Crippen LogP contribution < -0.4 is 11.1 Å². The number of amides is 2. The van der Waals surface area contributed by atoms with Crippen molar-refractivity contribution in [1.29, 1.82) is 0 Å². The smallest absolute Gasteiger partial charge is 0.368 e. The number of piperidine rings is 1. The zero-order valence-electron chi connectivity index (χ0n) is 13.3. The zero-order chi connectivity index (χ0) is 18.0. The molecule has 1 saturated heterocycles. The van der Waals surface area contributed by atoms with Crippen LogP contribution in [0.3, 0.4) is 0 Å². The average Bonchev–Trinajstić information content (AvgIpc) is 2.49. The van der Waals surface area contributed by atoms with Crippen LogP contribution in [0.25, 0.3) is 0 Å². The van der Waals surface area contributed by atoms with Gasteiger partial charge in [0.15, 0.2) is 0 Å². The predicted octanol–water partition coefficient (Wildman–Crippen LogP) is 2.37. The average molecular weight is 343 g/mol. The van der Waals surface area contributed by atoms with E-state index in [0.29, 0.717) is 13.0 Å². The molecule has 0 radical (unpaired) electrons. The van der Waals surface area contributed by atoms with Gasteiger partial charge in [-0.25, -0.2) is 0 Å². The molecule has 1 heterocycles. The number of primary amides is 1. The third-order valence-corrected chi connectivity index (χ3v) is 4.38. The van der Waals surface area contributed by atoms with E-state index in [2.05, 4.69) is 5.32 Å². The molecule has 24 heavy (non-hydrogen) atoms. The molecule has 3 N–H and O–H groups in total. The number of rotatable bonds is 4. The van der Waals surface area contributed by atoms with Crippen molar-refractivity contribution in [3.8, 4) is 0 Å². The van der Waals surface area contributed by atoms with Crippen LogP contribution in [-0.4, -0.2) is 35.3 Å². The quantitative estimate of drug-likeness (QED) is 0.881. The van der Waals surface area contributed by atoms with Gasteiger partial charge in [-0.2, -0.15) is 13.2 Å². The molecule has 5 nitrogen and oxygen atoms in total. The molecule has 1 aromatic rings. The van der Waals surface area contributed by atoms with E-state index in [1.807, 2.05) is 0 Å². The second-order valence-electron chi connectivity index (χ2n) is 6.14. The van der Waals surface area contributed by atoms with Gasteiger partial charge < -0.3 is 11.1 Å². The van der Waals surface area contributed by atoms with Gasteiger partial charge in [0.05, 0.1) is 17.6 Å². The number of nitrogens with two attached hydrogens (primary N) is 1. The third kappa shape index (κ3) is 4.05. The fourth-order valence-corrected chi connectivity index (χ4v) is 2.86. The fourth-order valence-electron chi connectivity index (χ4n) is 2.86. The summed E-state index contributed by atoms with van der Waals surface area (Å²) in [6.45, 7) is 2.12. The van der Waals surface area contributed by atoms with E-state index in [-0.39, 0.29) is 12.2 Å². The van der Waals surface area contributed by atoms with E-state index in [9.17, 15) is 22.8 Å². The lowest BCUT2D eigenvalue weighted by Crippen LogP contribution is -2.59. The first kappa shape index (κ1) is 18.3. The van der Waals surface area contributed by atoms with Crippen molar-refractivity contribution in [2.45, 2.75) is 37.9 Å². The van der Waals surface area contributed by atoms with Crippen LogP contribution in [0.1, 0.15) is 31.7 Å². The summed E-state index contributed by atoms with van der Waals surface area (Å²) in [6, 6.07) is 4.43. The summed E-state index contributed by atoms with van der Waals surface area (Å²) in [5.74, 6) is -0.988. The normalized spacial score (nSPS) is 22.2. The molecule has 132 valence electrons. The van der Waals surface area contributed by atoms with Crippen molar-refractivity contribution < 1.29 is 22.8 Å². The molecule has 0 aliphatic carbocycles. The molecule has 8 heteroatoms. The maximum atomic E-state index is 12.7. The molecule has 0 spiro atoms. The van der Waals surface area contributed by atoms with Crippen molar-refractivity contribution in [1.82, 2.24) is 4.90 Å². The maximum absolute atomic E-state index is 12.7. The van der Waals surface area contributed by atoms with E-state index in [0.717, 1.165) is 25.0 Å². The van der Waals surface area contributed by atoms with Crippen molar-refractivity contribution in [2.75, 3.05) is 18.4 Å². The molecular weight excluding hydrogens is 323 g/mol. The number of likely N-dealkylation sites (tertiary alicyclic amines) is 1. The molecule has 2 rings (SSSR count). The van der Waals surface area contributed by atoms with Crippen LogP contribution in [0.4, 0.5) is 18.9 Å². The molecule has 1 atom stereocenters. The molecule has 1 fully saturated rings. The summed E-state index contributed by atoms with van der Waals surface area (Å²) in [6.07, 6.45) is -2.25. The highest BCUT2D eigenvalue weighted by Crippen LogP contribution is 2.31. The van der Waals surface area contributed by atoms with Crippen LogP contribution >= 0.6 is 0 Å². The second-order valence-corrected chi connectivity index (χ2v) is 6.14. The summed E-state index contributed by atoms with van der Waals surface area (Å²) in [4.78, 5) is 25.6. The molecule has 2 amide bonds. The van der Waals surface area contributed by atoms with Crippen LogP contribution in [-0.2, 0) is 15.8 Å². The van der Waals surface area contributed by atoms with Gasteiger partial charge in [0.2, 0.25) is 11.8 Å². The Balaban J connectivity index is 2.06. The molecule has 0 saturated carbocycles. The van der Waals surface area contributed by atoms with Gasteiger partial charge in [0.1, 0.15) is 0 Å². The van der Waals surface area contributed by atoms with Gasteiger partial charge in [-0.1, -0.05) is 6.07 Å². The van der Waals surface area contributed by atoms with E-state index >= 15 is 0 Å². The first-order chi connectivity index (χ1) is 11.1. The van der Waals surface area contributed by atoms with E-state index in [1.165, 1.54) is 12.1 Å². The predicted molar refractivity (Wildman–Crippen MR) is 83.1 cm³/mol. The monoisotopic (exact) mass is 343 g/mol. The first-order valence-electron chi connectivity index (χ1n) is 7.65. The van der Waals surface area contributed by atoms with Crippen LogP contribution in [0.2, 0.25) is 0 Å². The summed E-state index contributed by atoms with van der Waals surface area (Å²) in [5, 5.41) is 2.45. The molecular formula is C16H20F3N3O2. The summed E-state index contributed by atoms with van der Waals surface area (Å²) in [7, 11) is 0. The van der Waals surface area contributed by atoms with Crippen LogP contribution in [0.15, 0.2) is 24.3 Å². The van der Waals surface area contributed by atoms with Gasteiger partial charge in [-0.3, -0.25) is 14.5 Å². The summed E-state index contributed by atoms with van der Waals surface area (Å²) in [5.41, 5.74) is 3.77. The topological polar surface area (TPSA) is 75.4 Å². The number of hydrogen-bond donors (Lipinski definition) is 2. The van der Waals surface area contributed by atoms with Crippen molar-refractivity contribution in [2.24, 2.45) is 5.73 Å². The minimum Gasteiger partial charge on any atom is -0.368 e. The second kappa shape index (κ2) is 6.80. The highest BCUT2D eigenvalue weighted by Gasteiger charge is 2.40. The van der Waals surface area contributed by atoms with E-state index < -0.39 is 29.1 Å². The molecule has 0 bridgehead atoms. The Bertz CT molecular complexity index is 633. The Hall–Kier alpha value is -2.09. The van der Waals surface area contributed by atoms with Gasteiger partial charge in [0.25, 0.3) is 0 Å². The summed E-state index contributed by atoms with van der Waals surface area (Å²) >= 11 is 0. The Kier molecular flexibility index (Phi) is 5.17. The highest BCUT2D eigenvalue weighted by atomic mass is 19.4. The first-order valence-corrected chi connectivity index (χ1v) is 7.65. The fraction of sp³-hybridized carbons (Fsp3) is 0.500. The third-order valence-electron chi connectivity index (χ3n) is 4.38. The lowest BCUT2D eigenvalue weighted by molar-refractivity contribution is -0.137. The minimum atomic E-state index is -4.47. The van der Waals surface area contributed by atoms with Gasteiger partial charge >= 0.3 is 6.18 Å². The molecule has 0 aromatic heterocycles. The number of hydrogen-bond acceptors (Lipinski definition) is 3. The Morgan fingerprint density at radius 1 is 1.33 bits per heavy atom. The standard InChI is InChI=1S/C16H20F3N3O2/c1-15(14(20)24)7-2-3-8-22(15)10-13(23)21-12-6-4-5-11(9-12)16(17,18)19/h4-6,9H,2-3,7-8,10H2,1H3,(H2,20,24)(H,21,23). The molecule has 1 aliphatic rings. The van der Waals surface area contributed by atoms with E-state index in [1.54, 1.807) is 11.8 Å². The Morgan fingerprint density at radius 2 is 2.04 bits per heavy atom. The SMILES string of the molecule is CC1(C(N)=O)CCCCN1CC(=O)Nc1cccc(C(F)(F)F)c1. The number of nitrogens with one attached hydrogen (secondary N) is 1. The van der Waals surface area contributed by atoms with Crippen molar-refractivity contribution in [3.05, 3.63) is 29.8 Å². The Labute approximate surface area is 138 Å². The number of halogens is 3. The zero-order valence-corrected chi connectivity index (χ0v) is 13.3. The minimum absolute atomic E-state index is 0.0626. The lowest BCUT2D eigenvalue weighted by Gasteiger charge is -2.42.